The average molecular weight is 535 g/mol. The second-order valence-corrected chi connectivity index (χ2v) is 13.4. The number of thioether (sulfide) groups is 1. The highest BCUT2D eigenvalue weighted by Gasteiger charge is 2.50. The monoisotopic (exact) mass is 533 g/mol. The van der Waals surface area contributed by atoms with Crippen LogP contribution in [0.5, 0.6) is 0 Å². The Hall–Kier alpha value is -0.510. The van der Waals surface area contributed by atoms with Gasteiger partial charge in [-0.05, 0) is 37.8 Å². The van der Waals surface area contributed by atoms with E-state index in [1.165, 1.54) is 51.9 Å². The van der Waals surface area contributed by atoms with Crippen LogP contribution in [0.4, 0.5) is 0 Å². The molecule has 1 heterocycles. The summed E-state index contributed by atoms with van der Waals surface area (Å²) in [6.45, 7) is 0. The topological polar surface area (TPSA) is 73.2 Å². The molecule has 1 aliphatic heterocycles. The van der Waals surface area contributed by atoms with E-state index in [1.807, 2.05) is 4.90 Å². The minimum Gasteiger partial charge on any atom is -0.366 e. The van der Waals surface area contributed by atoms with E-state index >= 15 is 0 Å². The zero-order chi connectivity index (χ0) is 23.8. The number of aliphatic hydroxyl groups is 1. The number of rotatable bonds is 5. The van der Waals surface area contributed by atoms with Crippen molar-refractivity contribution in [3.05, 3.63) is 27.7 Å². The van der Waals surface area contributed by atoms with Gasteiger partial charge >= 0.3 is 0 Å². The SMILES string of the molecule is CN(C)S(=O)(=O)c1cc(C2(O)CSC(=NC3CCCCC3)N2C2CCCCC2)c(Cl)cc1Cl. The number of nitrogens with zero attached hydrogens (tertiary/aromatic N) is 3. The molecule has 6 nitrogen and oxygen atoms in total. The van der Waals surface area contributed by atoms with Crippen molar-refractivity contribution in [2.75, 3.05) is 19.8 Å². The Bertz CT molecular complexity index is 1010. The number of benzene rings is 1. The number of amidine groups is 1. The van der Waals surface area contributed by atoms with Gasteiger partial charge in [0.2, 0.25) is 10.0 Å². The smallest absolute Gasteiger partial charge is 0.244 e. The fourth-order valence-electron chi connectivity index (χ4n) is 5.16. The third-order valence-electron chi connectivity index (χ3n) is 7.03. The molecule has 1 atom stereocenters. The molecule has 10 heteroatoms. The zero-order valence-corrected chi connectivity index (χ0v) is 22.4. The lowest BCUT2D eigenvalue weighted by molar-refractivity contribution is -0.0736. The van der Waals surface area contributed by atoms with E-state index in [2.05, 4.69) is 0 Å². The second-order valence-electron chi connectivity index (χ2n) is 9.52. The molecule has 3 aliphatic rings. The standard InChI is InChI=1S/C23H33Cl2N3O3S2/c1-27(2)33(30,31)21-13-18(19(24)14-20(21)25)23(29)15-32-22(26-16-9-5-3-6-10-16)28(23)17-11-7-4-8-12-17/h13-14,16-17,29H,3-12,15H2,1-2H3. The second kappa shape index (κ2) is 10.2. The molecule has 1 N–H and O–H groups in total. The molecule has 1 unspecified atom stereocenters. The Kier molecular flexibility index (Phi) is 7.93. The van der Waals surface area contributed by atoms with Crippen LogP contribution in [0, 0.1) is 0 Å². The molecule has 184 valence electrons. The van der Waals surface area contributed by atoms with Crippen LogP contribution < -0.4 is 0 Å². The summed E-state index contributed by atoms with van der Waals surface area (Å²) in [6.07, 6.45) is 11.1. The van der Waals surface area contributed by atoms with Crippen LogP contribution in [0.1, 0.15) is 69.8 Å². The van der Waals surface area contributed by atoms with Gasteiger partial charge in [-0.1, -0.05) is 73.5 Å². The van der Waals surface area contributed by atoms with Crippen LogP contribution in [0.15, 0.2) is 22.0 Å². The number of hydrogen-bond donors (Lipinski definition) is 1. The van der Waals surface area contributed by atoms with Crippen molar-refractivity contribution in [1.82, 2.24) is 9.21 Å². The third-order valence-corrected chi connectivity index (χ3v) is 10.7. The van der Waals surface area contributed by atoms with Gasteiger partial charge in [0, 0.05) is 25.7 Å². The van der Waals surface area contributed by atoms with Crippen molar-refractivity contribution >= 4 is 50.2 Å². The maximum atomic E-state index is 12.9. The van der Waals surface area contributed by atoms with Crippen molar-refractivity contribution in [3.8, 4) is 0 Å². The van der Waals surface area contributed by atoms with Gasteiger partial charge in [0.1, 0.15) is 4.90 Å². The van der Waals surface area contributed by atoms with Gasteiger partial charge in [0.05, 0.1) is 21.8 Å². The quantitative estimate of drug-likeness (QED) is 0.543. The molecular weight excluding hydrogens is 501 g/mol. The van der Waals surface area contributed by atoms with Gasteiger partial charge < -0.3 is 10.0 Å². The van der Waals surface area contributed by atoms with Crippen LogP contribution in [0.2, 0.25) is 10.0 Å². The molecule has 0 amide bonds. The summed E-state index contributed by atoms with van der Waals surface area (Å²) < 4.78 is 27.0. The van der Waals surface area contributed by atoms with E-state index in [9.17, 15) is 13.5 Å². The van der Waals surface area contributed by atoms with E-state index in [-0.39, 0.29) is 27.0 Å². The number of hydrogen-bond acceptors (Lipinski definition) is 5. The van der Waals surface area contributed by atoms with E-state index in [0.717, 1.165) is 48.0 Å². The first-order valence-electron chi connectivity index (χ1n) is 11.8. The zero-order valence-electron chi connectivity index (χ0n) is 19.3. The van der Waals surface area contributed by atoms with Crippen LogP contribution in [-0.4, -0.2) is 59.8 Å². The minimum atomic E-state index is -3.81. The lowest BCUT2D eigenvalue weighted by atomic mass is 9.91. The van der Waals surface area contributed by atoms with Gasteiger partial charge in [-0.2, -0.15) is 0 Å². The summed E-state index contributed by atoms with van der Waals surface area (Å²) in [5.74, 6) is 0.345. The first-order valence-corrected chi connectivity index (χ1v) is 15.0. The molecule has 0 bridgehead atoms. The molecule has 0 aromatic heterocycles. The van der Waals surface area contributed by atoms with Crippen molar-refractivity contribution in [1.29, 1.82) is 0 Å². The molecular formula is C23H33Cl2N3O3S2. The summed E-state index contributed by atoms with van der Waals surface area (Å²) >= 11 is 14.5. The molecule has 3 fully saturated rings. The average Bonchev–Trinajstić information content (AvgIpc) is 3.11. The van der Waals surface area contributed by atoms with Crippen molar-refractivity contribution in [3.63, 3.8) is 0 Å². The number of aliphatic imine (C=N–C) groups is 1. The van der Waals surface area contributed by atoms with Crippen LogP contribution in [-0.2, 0) is 15.7 Å². The maximum Gasteiger partial charge on any atom is 0.244 e. The summed E-state index contributed by atoms with van der Waals surface area (Å²) in [5, 5.41) is 13.3. The first kappa shape index (κ1) is 25.6. The van der Waals surface area contributed by atoms with Gasteiger partial charge in [-0.15, -0.1) is 0 Å². The molecule has 1 aromatic rings. The molecule has 1 saturated heterocycles. The minimum absolute atomic E-state index is 0.0479. The molecule has 0 spiro atoms. The first-order chi connectivity index (χ1) is 15.6. The summed E-state index contributed by atoms with van der Waals surface area (Å²) in [4.78, 5) is 7.11. The van der Waals surface area contributed by atoms with E-state index in [0.29, 0.717) is 11.3 Å². The largest absolute Gasteiger partial charge is 0.366 e. The Morgan fingerprint density at radius 2 is 1.64 bits per heavy atom. The third kappa shape index (κ3) is 5.07. The predicted molar refractivity (Wildman–Crippen MR) is 137 cm³/mol. The van der Waals surface area contributed by atoms with Crippen LogP contribution >= 0.6 is 35.0 Å². The van der Waals surface area contributed by atoms with Crippen molar-refractivity contribution < 1.29 is 13.5 Å². The highest BCUT2D eigenvalue weighted by Crippen LogP contribution is 2.47. The Morgan fingerprint density at radius 1 is 1.03 bits per heavy atom. The van der Waals surface area contributed by atoms with Crippen molar-refractivity contribution in [2.45, 2.75) is 86.9 Å². The summed E-state index contributed by atoms with van der Waals surface area (Å²) in [5.41, 5.74) is -1.07. The lowest BCUT2D eigenvalue weighted by Crippen LogP contribution is -2.51. The fourth-order valence-corrected chi connectivity index (χ4v) is 8.24. The maximum absolute atomic E-state index is 12.9. The van der Waals surface area contributed by atoms with E-state index in [1.54, 1.807) is 11.8 Å². The van der Waals surface area contributed by atoms with Gasteiger partial charge in [0.25, 0.3) is 0 Å². The lowest BCUT2D eigenvalue weighted by Gasteiger charge is -2.42. The normalized spacial score (nSPS) is 27.1. The predicted octanol–water partition coefficient (Wildman–Crippen LogP) is 5.46. The molecule has 33 heavy (non-hydrogen) atoms. The molecule has 4 rings (SSSR count). The Balaban J connectivity index is 1.80. The molecule has 0 radical (unpaired) electrons. The fraction of sp³-hybridized carbons (Fsp3) is 0.696. The van der Waals surface area contributed by atoms with Crippen LogP contribution in [0.25, 0.3) is 0 Å². The molecule has 1 aromatic carbocycles. The summed E-state index contributed by atoms with van der Waals surface area (Å²) in [6, 6.07) is 3.31. The van der Waals surface area contributed by atoms with E-state index < -0.39 is 15.7 Å². The number of sulfonamides is 1. The van der Waals surface area contributed by atoms with Gasteiger partial charge in [-0.25, -0.2) is 12.7 Å². The van der Waals surface area contributed by atoms with Gasteiger partial charge in [0.15, 0.2) is 10.9 Å². The van der Waals surface area contributed by atoms with Crippen molar-refractivity contribution in [2.24, 2.45) is 4.99 Å². The Morgan fingerprint density at radius 3 is 2.24 bits per heavy atom. The highest BCUT2D eigenvalue weighted by molar-refractivity contribution is 8.14. The molecule has 2 aliphatic carbocycles. The highest BCUT2D eigenvalue weighted by atomic mass is 35.5. The molecule has 2 saturated carbocycles. The van der Waals surface area contributed by atoms with Gasteiger partial charge in [-0.3, -0.25) is 4.99 Å². The Labute approximate surface area is 211 Å². The number of halogens is 2. The summed E-state index contributed by atoms with van der Waals surface area (Å²) in [7, 11) is -0.882. The van der Waals surface area contributed by atoms with E-state index in [4.69, 9.17) is 28.2 Å². The van der Waals surface area contributed by atoms with Crippen LogP contribution in [0.3, 0.4) is 0 Å².